The monoisotopic (exact) mass is 432 g/mol. The molecule has 2 heterocycles. The molecule has 2 aromatic carbocycles. The minimum Gasteiger partial charge on any atom is -0.496 e. The lowest BCUT2D eigenvalue weighted by Crippen LogP contribution is -2.49. The minimum atomic E-state index is -4.40. The van der Waals surface area contributed by atoms with E-state index >= 15 is 0 Å². The maximum atomic E-state index is 12.9. The Hall–Kier alpha value is -2.54. The summed E-state index contributed by atoms with van der Waals surface area (Å²) in [7, 11) is 1.67. The zero-order valence-corrected chi connectivity index (χ0v) is 18.2. The zero-order valence-electron chi connectivity index (χ0n) is 18.2. The molecule has 2 fully saturated rings. The number of rotatable bonds is 4. The molecule has 1 amide bonds. The van der Waals surface area contributed by atoms with Crippen molar-refractivity contribution in [2.24, 2.45) is 0 Å². The van der Waals surface area contributed by atoms with Crippen molar-refractivity contribution in [3.05, 3.63) is 64.2 Å². The number of hydrogen-bond acceptors (Lipinski definition) is 3. The molecule has 166 valence electrons. The molecule has 2 aliphatic heterocycles. The molecule has 2 aliphatic rings. The first kappa shape index (κ1) is 21.7. The Morgan fingerprint density at radius 1 is 1.03 bits per heavy atom. The number of halogens is 3. The standard InChI is InChI=1S/C24H27F3N2O2/c1-14-15(2)22(31-4)10-9-21(14)16(3)28-12-20-11-19(28)13-29(20)23(30)17-5-7-18(8-6-17)24(25,26)27/h5-10,16,19-20H,11-13H2,1-4H3. The van der Waals surface area contributed by atoms with Crippen molar-refractivity contribution in [3.8, 4) is 5.75 Å². The second kappa shape index (κ2) is 7.86. The Bertz CT molecular complexity index is 988. The molecule has 3 unspecified atom stereocenters. The van der Waals surface area contributed by atoms with E-state index in [0.29, 0.717) is 12.1 Å². The van der Waals surface area contributed by atoms with Crippen LogP contribution in [0.15, 0.2) is 36.4 Å². The molecule has 0 aromatic heterocycles. The zero-order chi connectivity index (χ0) is 22.5. The lowest BCUT2D eigenvalue weighted by atomic mass is 9.96. The molecule has 31 heavy (non-hydrogen) atoms. The highest BCUT2D eigenvalue weighted by Gasteiger charge is 2.47. The molecular weight excluding hydrogens is 405 g/mol. The Balaban J connectivity index is 1.46. The summed E-state index contributed by atoms with van der Waals surface area (Å²) >= 11 is 0. The number of benzene rings is 2. The van der Waals surface area contributed by atoms with E-state index < -0.39 is 11.7 Å². The highest BCUT2D eigenvalue weighted by atomic mass is 19.4. The average molecular weight is 432 g/mol. The van der Waals surface area contributed by atoms with Crippen molar-refractivity contribution in [1.82, 2.24) is 9.80 Å². The van der Waals surface area contributed by atoms with Crippen LogP contribution in [0.3, 0.4) is 0 Å². The van der Waals surface area contributed by atoms with Crippen molar-refractivity contribution in [3.63, 3.8) is 0 Å². The van der Waals surface area contributed by atoms with Gasteiger partial charge < -0.3 is 9.64 Å². The smallest absolute Gasteiger partial charge is 0.416 e. The summed E-state index contributed by atoms with van der Waals surface area (Å²) < 4.78 is 43.8. The van der Waals surface area contributed by atoms with E-state index in [4.69, 9.17) is 4.74 Å². The molecule has 4 rings (SSSR count). The van der Waals surface area contributed by atoms with Crippen LogP contribution in [0.1, 0.15) is 52.0 Å². The van der Waals surface area contributed by atoms with Gasteiger partial charge in [-0.15, -0.1) is 0 Å². The summed E-state index contributed by atoms with van der Waals surface area (Å²) in [5.74, 6) is 0.690. The summed E-state index contributed by atoms with van der Waals surface area (Å²) in [4.78, 5) is 17.2. The lowest BCUT2D eigenvalue weighted by molar-refractivity contribution is -0.137. The van der Waals surface area contributed by atoms with Crippen LogP contribution in [-0.2, 0) is 6.18 Å². The molecule has 2 saturated heterocycles. The molecule has 0 radical (unpaired) electrons. The topological polar surface area (TPSA) is 32.8 Å². The van der Waals surface area contributed by atoms with Gasteiger partial charge in [0, 0.05) is 36.8 Å². The summed E-state index contributed by atoms with van der Waals surface area (Å²) in [5.41, 5.74) is 3.17. The number of ether oxygens (including phenoxy) is 1. The van der Waals surface area contributed by atoms with Crippen molar-refractivity contribution in [2.75, 3.05) is 20.2 Å². The highest BCUT2D eigenvalue weighted by Crippen LogP contribution is 2.39. The fourth-order valence-corrected chi connectivity index (χ4v) is 5.06. The summed E-state index contributed by atoms with van der Waals surface area (Å²) in [6.07, 6.45) is -3.51. The molecular formula is C24H27F3N2O2. The molecule has 7 heteroatoms. The second-order valence-electron chi connectivity index (χ2n) is 8.56. The van der Waals surface area contributed by atoms with E-state index in [2.05, 4.69) is 31.7 Å². The molecule has 4 nitrogen and oxygen atoms in total. The van der Waals surface area contributed by atoms with Gasteiger partial charge >= 0.3 is 6.18 Å². The number of hydrogen-bond donors (Lipinski definition) is 0. The number of amides is 1. The maximum absolute atomic E-state index is 12.9. The Morgan fingerprint density at radius 3 is 2.26 bits per heavy atom. The van der Waals surface area contributed by atoms with E-state index in [0.717, 1.165) is 36.4 Å². The van der Waals surface area contributed by atoms with E-state index in [1.165, 1.54) is 23.3 Å². The number of alkyl halides is 3. The Morgan fingerprint density at radius 2 is 1.71 bits per heavy atom. The summed E-state index contributed by atoms with van der Waals surface area (Å²) in [6, 6.07) is 9.17. The number of nitrogens with zero attached hydrogens (tertiary/aromatic N) is 2. The van der Waals surface area contributed by atoms with Crippen LogP contribution >= 0.6 is 0 Å². The number of carbonyl (C=O) groups is 1. The van der Waals surface area contributed by atoms with Crippen molar-refractivity contribution >= 4 is 5.91 Å². The summed E-state index contributed by atoms with van der Waals surface area (Å²) in [6.45, 7) is 7.73. The highest BCUT2D eigenvalue weighted by molar-refractivity contribution is 5.94. The van der Waals surface area contributed by atoms with Crippen LogP contribution in [0.5, 0.6) is 5.75 Å². The number of carbonyl (C=O) groups excluding carboxylic acids is 1. The van der Waals surface area contributed by atoms with Gasteiger partial charge in [0.2, 0.25) is 0 Å². The van der Waals surface area contributed by atoms with Crippen LogP contribution < -0.4 is 4.74 Å². The van der Waals surface area contributed by atoms with Gasteiger partial charge in [-0.25, -0.2) is 0 Å². The number of piperazine rings is 1. The predicted octanol–water partition coefficient (Wildman–Crippen LogP) is 4.99. The molecule has 3 atom stereocenters. The first-order chi connectivity index (χ1) is 14.6. The molecule has 0 saturated carbocycles. The minimum absolute atomic E-state index is 0.0851. The third kappa shape index (κ3) is 3.80. The molecule has 0 spiro atoms. The molecule has 2 aromatic rings. The third-order valence-electron chi connectivity index (χ3n) is 6.95. The molecule has 2 bridgehead atoms. The van der Waals surface area contributed by atoms with Crippen LogP contribution in [0.2, 0.25) is 0 Å². The first-order valence-electron chi connectivity index (χ1n) is 10.5. The molecule has 0 aliphatic carbocycles. The van der Waals surface area contributed by atoms with Gasteiger partial charge in [0.25, 0.3) is 5.91 Å². The Kier molecular flexibility index (Phi) is 5.50. The SMILES string of the molecule is COc1ccc(C(C)N2CC3CC2CN3C(=O)c2ccc(C(F)(F)F)cc2)c(C)c1C. The normalized spacial score (nSPS) is 22.1. The fraction of sp³-hybridized carbons (Fsp3) is 0.458. The number of likely N-dealkylation sites (tertiary alicyclic amines) is 2. The quantitative estimate of drug-likeness (QED) is 0.682. The first-order valence-corrected chi connectivity index (χ1v) is 10.5. The molecule has 0 N–H and O–H groups in total. The largest absolute Gasteiger partial charge is 0.496 e. The van der Waals surface area contributed by atoms with E-state index in [9.17, 15) is 18.0 Å². The predicted molar refractivity (Wildman–Crippen MR) is 112 cm³/mol. The Labute approximate surface area is 180 Å². The van der Waals surface area contributed by atoms with Gasteiger partial charge in [-0.05, 0) is 74.2 Å². The second-order valence-corrected chi connectivity index (χ2v) is 8.56. The van der Waals surface area contributed by atoms with E-state index in [1.807, 2.05) is 11.0 Å². The number of fused-ring (bicyclic) bond motifs is 2. The van der Waals surface area contributed by atoms with Crippen LogP contribution in [-0.4, -0.2) is 48.0 Å². The van der Waals surface area contributed by atoms with Gasteiger partial charge in [0.1, 0.15) is 5.75 Å². The van der Waals surface area contributed by atoms with E-state index in [-0.39, 0.29) is 24.0 Å². The van der Waals surface area contributed by atoms with Crippen LogP contribution in [0.25, 0.3) is 0 Å². The van der Waals surface area contributed by atoms with Gasteiger partial charge in [-0.1, -0.05) is 6.07 Å². The van der Waals surface area contributed by atoms with Crippen LogP contribution in [0.4, 0.5) is 13.2 Å². The van der Waals surface area contributed by atoms with Crippen LogP contribution in [0, 0.1) is 13.8 Å². The summed E-state index contributed by atoms with van der Waals surface area (Å²) in [5, 5.41) is 0. The van der Waals surface area contributed by atoms with Gasteiger partial charge in [0.05, 0.1) is 12.7 Å². The van der Waals surface area contributed by atoms with Gasteiger partial charge in [-0.2, -0.15) is 13.2 Å². The van der Waals surface area contributed by atoms with Crippen molar-refractivity contribution in [1.29, 1.82) is 0 Å². The lowest BCUT2D eigenvalue weighted by Gasteiger charge is -2.38. The fourth-order valence-electron chi connectivity index (χ4n) is 5.06. The average Bonchev–Trinajstić information content (AvgIpc) is 3.35. The van der Waals surface area contributed by atoms with Crippen molar-refractivity contribution in [2.45, 2.75) is 51.5 Å². The van der Waals surface area contributed by atoms with Gasteiger partial charge in [-0.3, -0.25) is 9.69 Å². The van der Waals surface area contributed by atoms with Crippen molar-refractivity contribution < 1.29 is 22.7 Å². The van der Waals surface area contributed by atoms with Gasteiger partial charge in [0.15, 0.2) is 0 Å². The third-order valence-corrected chi connectivity index (χ3v) is 6.95. The number of methoxy groups -OCH3 is 1. The van der Waals surface area contributed by atoms with E-state index in [1.54, 1.807) is 7.11 Å². The maximum Gasteiger partial charge on any atom is 0.416 e.